The summed E-state index contributed by atoms with van der Waals surface area (Å²) in [4.78, 5) is 8.56. The molecule has 0 saturated heterocycles. The van der Waals surface area contributed by atoms with E-state index in [-0.39, 0.29) is 30.2 Å². The predicted octanol–water partition coefficient (Wildman–Crippen LogP) is 9.70. The van der Waals surface area contributed by atoms with Gasteiger partial charge in [-0.05, 0) is 118 Å². The van der Waals surface area contributed by atoms with Crippen LogP contribution in [0.3, 0.4) is 0 Å². The molecule has 0 bridgehead atoms. The van der Waals surface area contributed by atoms with Gasteiger partial charge in [-0.3, -0.25) is 0 Å². The van der Waals surface area contributed by atoms with Crippen molar-refractivity contribution in [2.24, 2.45) is 0 Å². The van der Waals surface area contributed by atoms with Crippen molar-refractivity contribution in [1.29, 1.82) is 0 Å². The Bertz CT molecular complexity index is 1810. The summed E-state index contributed by atoms with van der Waals surface area (Å²) in [5.74, 6) is -14.2. The predicted molar refractivity (Wildman–Crippen MR) is 162 cm³/mol. The second kappa shape index (κ2) is 10.2. The fourth-order valence-electron chi connectivity index (χ4n) is 5.38. The maximum Gasteiger partial charge on any atom is 0.388 e. The summed E-state index contributed by atoms with van der Waals surface area (Å²) in [5.41, 5.74) is -6.22. The van der Waals surface area contributed by atoms with Gasteiger partial charge in [0, 0.05) is 11.1 Å². The van der Waals surface area contributed by atoms with Gasteiger partial charge in [-0.1, -0.05) is 0 Å². The van der Waals surface area contributed by atoms with Crippen molar-refractivity contribution in [1.82, 2.24) is 9.97 Å². The van der Waals surface area contributed by atoms with Gasteiger partial charge in [-0.25, -0.2) is 23.1 Å². The molecule has 5 atom stereocenters. The minimum atomic E-state index is -4.98. The molecule has 0 amide bonds. The van der Waals surface area contributed by atoms with Gasteiger partial charge in [0.25, 0.3) is 5.67 Å². The average molecular weight is 671 g/mol. The number of benzene rings is 2. The molecule has 48 heavy (non-hydrogen) atoms. The molecule has 0 spiro atoms. The summed E-state index contributed by atoms with van der Waals surface area (Å²) >= 11 is 0. The number of ether oxygens (including phenoxy) is 2. The Balaban J connectivity index is 1.10. The molecule has 3 aliphatic rings. The number of halogens is 7. The van der Waals surface area contributed by atoms with Crippen LogP contribution in [0.4, 0.5) is 30.7 Å². The monoisotopic (exact) mass is 670 g/mol. The topological polar surface area (TPSA) is 70.5 Å². The highest BCUT2D eigenvalue weighted by molar-refractivity contribution is 5.68. The number of hydrogen-bond donors (Lipinski definition) is 0. The molecule has 5 unspecified atom stereocenters. The van der Waals surface area contributed by atoms with Crippen LogP contribution in [0.2, 0.25) is 0 Å². The van der Waals surface area contributed by atoms with Gasteiger partial charge < -0.3 is 18.3 Å². The summed E-state index contributed by atoms with van der Waals surface area (Å²) in [5, 5.41) is 0. The van der Waals surface area contributed by atoms with Gasteiger partial charge in [-0.2, -0.15) is 17.6 Å². The highest BCUT2D eigenvalue weighted by Crippen LogP contribution is 2.67. The van der Waals surface area contributed by atoms with Crippen molar-refractivity contribution in [3.05, 3.63) is 95.7 Å². The Kier molecular flexibility index (Phi) is 6.71. The van der Waals surface area contributed by atoms with Crippen LogP contribution in [0, 0.1) is 0 Å². The van der Waals surface area contributed by atoms with Crippen LogP contribution in [0.5, 0.6) is 11.5 Å². The van der Waals surface area contributed by atoms with Crippen LogP contribution < -0.4 is 9.47 Å². The van der Waals surface area contributed by atoms with E-state index in [1.807, 2.05) is 0 Å². The van der Waals surface area contributed by atoms with Crippen LogP contribution in [0.25, 0.3) is 47.2 Å². The molecule has 0 N–H and O–H groups in total. The van der Waals surface area contributed by atoms with E-state index in [9.17, 15) is 17.6 Å². The highest BCUT2D eigenvalue weighted by atomic mass is 19.3. The Morgan fingerprint density at radius 1 is 0.521 bits per heavy atom. The SMILES string of the molecule is CC1(F)C=Cc2nc(-c3ccc(OC4(F)C(C)(F)C(F)(F)C4(F)Oc4ccc(-c5nc6c(o5)C=CC(C)(F)C=C6)cc4)cc3)oc2C=C1. The third-order valence-corrected chi connectivity index (χ3v) is 8.35. The van der Waals surface area contributed by atoms with Crippen LogP contribution in [-0.4, -0.2) is 44.6 Å². The van der Waals surface area contributed by atoms with E-state index in [1.54, 1.807) is 0 Å². The zero-order valence-electron chi connectivity index (χ0n) is 25.4. The summed E-state index contributed by atoms with van der Waals surface area (Å²) in [7, 11) is 0. The molecule has 7 rings (SSSR count). The number of hydrogen-bond acceptors (Lipinski definition) is 6. The normalized spacial score (nSPS) is 31.4. The van der Waals surface area contributed by atoms with Crippen molar-refractivity contribution < 1.29 is 49.0 Å². The highest BCUT2D eigenvalue weighted by Gasteiger charge is 2.99. The van der Waals surface area contributed by atoms with E-state index in [1.165, 1.54) is 86.7 Å². The van der Waals surface area contributed by atoms with Crippen molar-refractivity contribution >= 4 is 24.3 Å². The molecule has 4 aromatic rings. The number of nitrogens with zero attached hydrogens (tertiary/aromatic N) is 2. The fourth-order valence-corrected chi connectivity index (χ4v) is 5.38. The number of fused-ring (bicyclic) bond motifs is 2. The first-order chi connectivity index (χ1) is 22.4. The standard InChI is InChI=1S/C35H25F7N2O4/c1-30(36)16-12-24-26(14-18-30)45-28(43-24)20-4-8-22(9-5-20)47-34(41)32(3,38)33(39,40)35(34,42)48-23-10-6-21(7-11-23)29-44-25-13-17-31(2,37)19-15-27(25)46-29/h4-19H,1-3H3. The lowest BCUT2D eigenvalue weighted by Crippen LogP contribution is -2.90. The van der Waals surface area contributed by atoms with E-state index in [0.717, 1.165) is 24.3 Å². The lowest BCUT2D eigenvalue weighted by Gasteiger charge is -2.58. The van der Waals surface area contributed by atoms with Crippen molar-refractivity contribution in [3.63, 3.8) is 0 Å². The Morgan fingerprint density at radius 3 is 1.31 bits per heavy atom. The zero-order chi connectivity index (χ0) is 34.3. The van der Waals surface area contributed by atoms with E-state index < -0.39 is 46.1 Å². The summed E-state index contributed by atoms with van der Waals surface area (Å²) < 4.78 is 127. The van der Waals surface area contributed by atoms with Gasteiger partial charge in [0.15, 0.2) is 11.5 Å². The first kappa shape index (κ1) is 31.5. The molecule has 1 fully saturated rings. The van der Waals surface area contributed by atoms with E-state index in [2.05, 4.69) is 9.97 Å². The largest absolute Gasteiger partial charge is 0.449 e. The molecule has 0 aliphatic heterocycles. The molecule has 2 aromatic carbocycles. The molecule has 2 heterocycles. The van der Waals surface area contributed by atoms with E-state index >= 15 is 13.2 Å². The van der Waals surface area contributed by atoms with Crippen molar-refractivity contribution in [2.45, 2.75) is 55.4 Å². The molecule has 0 radical (unpaired) electrons. The first-order valence-corrected chi connectivity index (χ1v) is 14.6. The number of oxazole rings is 2. The Labute approximate surface area is 268 Å². The smallest absolute Gasteiger partial charge is 0.388 e. The number of aromatic nitrogens is 2. The fraction of sp³-hybridized carbons (Fsp3) is 0.257. The molecule has 6 nitrogen and oxygen atoms in total. The van der Waals surface area contributed by atoms with E-state index in [0.29, 0.717) is 22.5 Å². The third kappa shape index (κ3) is 4.77. The number of allylic oxidation sites excluding steroid dienone is 4. The van der Waals surface area contributed by atoms with Crippen molar-refractivity contribution in [2.75, 3.05) is 0 Å². The van der Waals surface area contributed by atoms with Gasteiger partial charge in [0.2, 0.25) is 11.8 Å². The molecule has 3 aliphatic carbocycles. The van der Waals surface area contributed by atoms with Crippen LogP contribution in [0.15, 0.2) is 81.7 Å². The molecule has 1 saturated carbocycles. The second-order valence-electron chi connectivity index (χ2n) is 12.2. The lowest BCUT2D eigenvalue weighted by atomic mass is 9.68. The van der Waals surface area contributed by atoms with Gasteiger partial charge in [-0.15, -0.1) is 0 Å². The van der Waals surface area contributed by atoms with Crippen molar-refractivity contribution in [3.8, 4) is 34.4 Å². The minimum absolute atomic E-state index is 0.0753. The maximum absolute atomic E-state index is 16.1. The quantitative estimate of drug-likeness (QED) is 0.190. The van der Waals surface area contributed by atoms with Gasteiger partial charge in [0.05, 0.1) is 0 Å². The third-order valence-electron chi connectivity index (χ3n) is 8.35. The first-order valence-electron chi connectivity index (χ1n) is 14.6. The second-order valence-corrected chi connectivity index (χ2v) is 12.2. The summed E-state index contributed by atoms with van der Waals surface area (Å²) in [6, 6.07) is 9.47. The molecule has 13 heteroatoms. The van der Waals surface area contributed by atoms with Crippen LogP contribution >= 0.6 is 0 Å². The van der Waals surface area contributed by atoms with E-state index in [4.69, 9.17) is 18.3 Å². The summed E-state index contributed by atoms with van der Waals surface area (Å²) in [6.07, 6.45) is 10.9. The lowest BCUT2D eigenvalue weighted by molar-refractivity contribution is -0.492. The summed E-state index contributed by atoms with van der Waals surface area (Å²) in [6.45, 7) is 2.88. The minimum Gasteiger partial charge on any atom is -0.449 e. The zero-order valence-corrected chi connectivity index (χ0v) is 25.4. The molecular formula is C35H25F7N2O4. The number of alkyl halides is 7. The maximum atomic E-state index is 16.1. The molecular weight excluding hydrogens is 645 g/mol. The molecule has 2 aromatic heterocycles. The van der Waals surface area contributed by atoms with Crippen LogP contribution in [0.1, 0.15) is 43.7 Å². The van der Waals surface area contributed by atoms with Gasteiger partial charge in [0.1, 0.15) is 34.2 Å². The Hall–Kier alpha value is -5.07. The molecule has 248 valence electrons. The average Bonchev–Trinajstić information content (AvgIpc) is 3.58. The van der Waals surface area contributed by atoms with Gasteiger partial charge >= 0.3 is 17.6 Å². The van der Waals surface area contributed by atoms with Crippen LogP contribution in [-0.2, 0) is 0 Å². The Morgan fingerprint density at radius 2 is 0.896 bits per heavy atom. The number of rotatable bonds is 6.